The average Bonchev–Trinajstić information content (AvgIpc) is 2.00. The van der Waals surface area contributed by atoms with E-state index in [9.17, 15) is 4.79 Å². The van der Waals surface area contributed by atoms with Gasteiger partial charge < -0.3 is 4.43 Å². The van der Waals surface area contributed by atoms with Crippen molar-refractivity contribution in [3.8, 4) is 0 Å². The number of hydrogen-bond acceptors (Lipinski definition) is 2. The van der Waals surface area contributed by atoms with Gasteiger partial charge in [-0.3, -0.25) is 0 Å². The SMILES string of the molecule is C=C(C)C(=O)O[Si](C)(C)CCCCl. The summed E-state index contributed by atoms with van der Waals surface area (Å²) in [5, 5.41) is 0. The first-order chi connectivity index (χ1) is 5.89. The number of halogens is 1. The second kappa shape index (κ2) is 5.45. The summed E-state index contributed by atoms with van der Waals surface area (Å²) in [7, 11) is -1.84. The average molecular weight is 221 g/mol. The van der Waals surface area contributed by atoms with Gasteiger partial charge in [-0.15, -0.1) is 11.6 Å². The Hall–Kier alpha value is -0.283. The summed E-state index contributed by atoms with van der Waals surface area (Å²) in [4.78, 5) is 11.2. The molecule has 0 aromatic carbocycles. The second-order valence-electron chi connectivity index (χ2n) is 3.72. The van der Waals surface area contributed by atoms with Crippen molar-refractivity contribution in [1.82, 2.24) is 0 Å². The Morgan fingerprint density at radius 2 is 2.08 bits per heavy atom. The van der Waals surface area contributed by atoms with Gasteiger partial charge in [0.05, 0.1) is 0 Å². The Labute approximate surface area is 86.1 Å². The van der Waals surface area contributed by atoms with E-state index >= 15 is 0 Å². The molecule has 0 saturated heterocycles. The van der Waals surface area contributed by atoms with Gasteiger partial charge in [-0.2, -0.15) is 0 Å². The molecular weight excluding hydrogens is 204 g/mol. The van der Waals surface area contributed by atoms with Crippen LogP contribution in [0, 0.1) is 0 Å². The van der Waals surface area contributed by atoms with Crippen molar-refractivity contribution < 1.29 is 9.22 Å². The number of carbonyl (C=O) groups is 1. The molecule has 4 heteroatoms. The van der Waals surface area contributed by atoms with E-state index in [4.69, 9.17) is 16.0 Å². The maximum atomic E-state index is 11.2. The number of rotatable bonds is 5. The molecule has 0 spiro atoms. The van der Waals surface area contributed by atoms with Crippen LogP contribution in [0.15, 0.2) is 12.2 Å². The molecule has 0 rings (SSSR count). The molecule has 13 heavy (non-hydrogen) atoms. The van der Waals surface area contributed by atoms with E-state index in [0.717, 1.165) is 12.5 Å². The summed E-state index contributed by atoms with van der Waals surface area (Å²) in [6, 6.07) is 0.912. The van der Waals surface area contributed by atoms with E-state index in [1.165, 1.54) is 0 Å². The third-order valence-corrected chi connectivity index (χ3v) is 4.19. The molecule has 0 amide bonds. The first-order valence-corrected chi connectivity index (χ1v) is 7.99. The molecule has 0 heterocycles. The molecule has 0 saturated carbocycles. The summed E-state index contributed by atoms with van der Waals surface area (Å²) < 4.78 is 5.34. The Morgan fingerprint density at radius 3 is 2.46 bits per heavy atom. The van der Waals surface area contributed by atoms with Crippen LogP contribution in [0.4, 0.5) is 0 Å². The van der Waals surface area contributed by atoms with Gasteiger partial charge in [0.25, 0.3) is 0 Å². The Morgan fingerprint density at radius 1 is 1.54 bits per heavy atom. The van der Waals surface area contributed by atoms with E-state index in [-0.39, 0.29) is 5.97 Å². The molecule has 0 aliphatic rings. The fraction of sp³-hybridized carbons (Fsp3) is 0.667. The van der Waals surface area contributed by atoms with Crippen LogP contribution in [0.5, 0.6) is 0 Å². The third kappa shape index (κ3) is 5.88. The van der Waals surface area contributed by atoms with Gasteiger partial charge in [-0.05, 0) is 32.5 Å². The summed E-state index contributed by atoms with van der Waals surface area (Å²) in [6.07, 6.45) is 0.907. The minimum atomic E-state index is -1.84. The van der Waals surface area contributed by atoms with Gasteiger partial charge >= 0.3 is 5.97 Å². The molecule has 76 valence electrons. The van der Waals surface area contributed by atoms with E-state index in [2.05, 4.69) is 6.58 Å². The largest absolute Gasteiger partial charge is 0.516 e. The van der Waals surface area contributed by atoms with Crippen molar-refractivity contribution in [2.45, 2.75) is 32.5 Å². The molecule has 0 aliphatic heterocycles. The Kier molecular flexibility index (Phi) is 5.33. The number of alkyl halides is 1. The standard InChI is InChI=1S/C9H17ClO2Si/c1-8(2)9(11)12-13(3,4)7-5-6-10/h1,5-7H2,2-4H3. The molecule has 0 atom stereocenters. The normalized spacial score (nSPS) is 11.1. The molecule has 0 aromatic rings. The molecule has 0 radical (unpaired) electrons. The highest BCUT2D eigenvalue weighted by Crippen LogP contribution is 2.15. The lowest BCUT2D eigenvalue weighted by molar-refractivity contribution is -0.130. The highest BCUT2D eigenvalue weighted by molar-refractivity contribution is 6.72. The van der Waals surface area contributed by atoms with Crippen molar-refractivity contribution in [2.24, 2.45) is 0 Å². The highest BCUT2D eigenvalue weighted by Gasteiger charge is 2.26. The summed E-state index contributed by atoms with van der Waals surface area (Å²) in [6.45, 7) is 9.23. The highest BCUT2D eigenvalue weighted by atomic mass is 35.5. The lowest BCUT2D eigenvalue weighted by Crippen LogP contribution is -2.33. The maximum absolute atomic E-state index is 11.2. The van der Waals surface area contributed by atoms with E-state index in [0.29, 0.717) is 11.5 Å². The number of hydrogen-bond donors (Lipinski definition) is 0. The smallest absolute Gasteiger partial charge is 0.319 e. The van der Waals surface area contributed by atoms with E-state index in [1.54, 1.807) is 6.92 Å². The fourth-order valence-electron chi connectivity index (χ4n) is 0.882. The molecule has 0 aliphatic carbocycles. The van der Waals surface area contributed by atoms with Crippen LogP contribution in [0.1, 0.15) is 13.3 Å². The van der Waals surface area contributed by atoms with Crippen LogP contribution in [0.2, 0.25) is 19.1 Å². The number of carbonyl (C=O) groups excluding carboxylic acids is 1. The maximum Gasteiger partial charge on any atom is 0.319 e. The molecule has 0 aromatic heterocycles. The fourth-order valence-corrected chi connectivity index (χ4v) is 3.05. The van der Waals surface area contributed by atoms with Crippen molar-refractivity contribution in [2.75, 3.05) is 5.88 Å². The van der Waals surface area contributed by atoms with Crippen molar-refractivity contribution in [1.29, 1.82) is 0 Å². The molecule has 0 N–H and O–H groups in total. The van der Waals surface area contributed by atoms with Gasteiger partial charge in [-0.1, -0.05) is 6.58 Å². The van der Waals surface area contributed by atoms with Gasteiger partial charge in [0.1, 0.15) is 0 Å². The zero-order chi connectivity index (χ0) is 10.5. The van der Waals surface area contributed by atoms with E-state index in [1.807, 2.05) is 13.1 Å². The van der Waals surface area contributed by atoms with Gasteiger partial charge in [-0.25, -0.2) is 4.79 Å². The predicted octanol–water partition coefficient (Wildman–Crippen LogP) is 2.94. The minimum Gasteiger partial charge on any atom is -0.516 e. The van der Waals surface area contributed by atoms with Crippen LogP contribution >= 0.6 is 11.6 Å². The minimum absolute atomic E-state index is 0.272. The monoisotopic (exact) mass is 220 g/mol. The van der Waals surface area contributed by atoms with E-state index < -0.39 is 8.32 Å². The zero-order valence-electron chi connectivity index (χ0n) is 8.52. The zero-order valence-corrected chi connectivity index (χ0v) is 10.3. The van der Waals surface area contributed by atoms with Gasteiger partial charge in [0.15, 0.2) is 0 Å². The molecule has 0 bridgehead atoms. The van der Waals surface area contributed by atoms with Crippen molar-refractivity contribution in [3.05, 3.63) is 12.2 Å². The summed E-state index contributed by atoms with van der Waals surface area (Å²) in [5.74, 6) is 0.354. The van der Waals surface area contributed by atoms with Gasteiger partial charge in [0, 0.05) is 11.5 Å². The molecular formula is C9H17ClO2Si. The van der Waals surface area contributed by atoms with Gasteiger partial charge in [0.2, 0.25) is 8.32 Å². The predicted molar refractivity (Wildman–Crippen MR) is 58.5 cm³/mol. The summed E-state index contributed by atoms with van der Waals surface area (Å²) in [5.41, 5.74) is 0.464. The first kappa shape index (κ1) is 12.7. The first-order valence-electron chi connectivity index (χ1n) is 4.34. The Bertz CT molecular complexity index is 202. The molecule has 2 nitrogen and oxygen atoms in total. The van der Waals surface area contributed by atoms with Crippen LogP contribution in [-0.4, -0.2) is 20.2 Å². The topological polar surface area (TPSA) is 26.3 Å². The van der Waals surface area contributed by atoms with Crippen LogP contribution in [0.3, 0.4) is 0 Å². The van der Waals surface area contributed by atoms with Crippen LogP contribution < -0.4 is 0 Å². The molecule has 0 unspecified atom stereocenters. The lowest BCUT2D eigenvalue weighted by atomic mass is 10.4. The molecule has 0 fully saturated rings. The lowest BCUT2D eigenvalue weighted by Gasteiger charge is -2.22. The van der Waals surface area contributed by atoms with Crippen molar-refractivity contribution >= 4 is 25.9 Å². The summed E-state index contributed by atoms with van der Waals surface area (Å²) >= 11 is 5.57. The van der Waals surface area contributed by atoms with Crippen LogP contribution in [-0.2, 0) is 9.22 Å². The Balaban J connectivity index is 4.00. The second-order valence-corrected chi connectivity index (χ2v) is 8.32. The quantitative estimate of drug-likeness (QED) is 0.405. The van der Waals surface area contributed by atoms with Crippen LogP contribution in [0.25, 0.3) is 0 Å². The van der Waals surface area contributed by atoms with Crippen molar-refractivity contribution in [3.63, 3.8) is 0 Å². The third-order valence-electron chi connectivity index (χ3n) is 1.63.